The van der Waals surface area contributed by atoms with E-state index in [0.717, 1.165) is 23.8 Å². The molecule has 0 bridgehead atoms. The molecule has 1 amide bonds. The van der Waals surface area contributed by atoms with Crippen LogP contribution in [0.5, 0.6) is 0 Å². The molecule has 4 rings (SSSR count). The maximum absolute atomic E-state index is 12.7. The van der Waals surface area contributed by atoms with Crippen LogP contribution in [0.2, 0.25) is 0 Å². The number of unbranched alkanes of at least 4 members (excludes halogenated alkanes) is 1. The Morgan fingerprint density at radius 1 is 1.21 bits per heavy atom. The number of amides is 1. The molecule has 0 aliphatic heterocycles. The first-order chi connectivity index (χ1) is 16.4. The topological polar surface area (TPSA) is 102 Å². The van der Waals surface area contributed by atoms with Gasteiger partial charge in [-0.2, -0.15) is 0 Å². The summed E-state index contributed by atoms with van der Waals surface area (Å²) in [5.41, 5.74) is 1.05. The second kappa shape index (κ2) is 10.4. The quantitative estimate of drug-likeness (QED) is 0.360. The molecule has 0 radical (unpaired) electrons. The van der Waals surface area contributed by atoms with E-state index in [2.05, 4.69) is 41.7 Å². The van der Waals surface area contributed by atoms with Gasteiger partial charge in [-0.05, 0) is 34.7 Å². The Morgan fingerprint density at radius 3 is 2.76 bits per heavy atom. The van der Waals surface area contributed by atoms with Crippen molar-refractivity contribution in [3.05, 3.63) is 61.9 Å². The molecule has 8 nitrogen and oxygen atoms in total. The van der Waals surface area contributed by atoms with Crippen molar-refractivity contribution >= 4 is 38.5 Å². The van der Waals surface area contributed by atoms with Crippen LogP contribution in [0.25, 0.3) is 21.3 Å². The number of hydrogen-bond acceptors (Lipinski definition) is 5. The fourth-order valence-corrected chi connectivity index (χ4v) is 5.13. The van der Waals surface area contributed by atoms with E-state index in [4.69, 9.17) is 4.98 Å². The number of nitrogens with zero attached hydrogens (tertiary/aromatic N) is 3. The van der Waals surface area contributed by atoms with Crippen LogP contribution in [0.1, 0.15) is 51.4 Å². The summed E-state index contributed by atoms with van der Waals surface area (Å²) >= 11 is 1.67. The second-order valence-electron chi connectivity index (χ2n) is 9.00. The molecular weight excluding hydrogens is 450 g/mol. The number of aromatic nitrogens is 4. The minimum atomic E-state index is -0.438. The van der Waals surface area contributed by atoms with Crippen molar-refractivity contribution in [3.63, 3.8) is 0 Å². The number of carbonyl (C=O) groups excluding carboxylic acids is 1. The fraction of sp³-hybridized carbons (Fsp3) is 0.440. The van der Waals surface area contributed by atoms with Gasteiger partial charge in [0.25, 0.3) is 5.56 Å². The summed E-state index contributed by atoms with van der Waals surface area (Å²) in [4.78, 5) is 45.0. The average molecular weight is 482 g/mol. The number of imidazole rings is 1. The molecule has 0 saturated heterocycles. The van der Waals surface area contributed by atoms with Crippen LogP contribution in [0.4, 0.5) is 0 Å². The smallest absolute Gasteiger partial charge is 0.330 e. The lowest BCUT2D eigenvalue weighted by atomic mass is 10.2. The van der Waals surface area contributed by atoms with Gasteiger partial charge in [-0.25, -0.2) is 9.78 Å². The van der Waals surface area contributed by atoms with Gasteiger partial charge in [0.15, 0.2) is 11.2 Å². The lowest BCUT2D eigenvalue weighted by Gasteiger charge is -2.11. The van der Waals surface area contributed by atoms with Crippen molar-refractivity contribution in [1.29, 1.82) is 0 Å². The van der Waals surface area contributed by atoms with Crippen LogP contribution >= 0.6 is 11.3 Å². The van der Waals surface area contributed by atoms with Crippen LogP contribution in [-0.2, 0) is 30.8 Å². The second-order valence-corrected chi connectivity index (χ2v) is 9.91. The Kier molecular flexibility index (Phi) is 7.31. The Bertz CT molecular complexity index is 1430. The van der Waals surface area contributed by atoms with E-state index in [1.54, 1.807) is 15.9 Å². The number of aromatic amines is 1. The van der Waals surface area contributed by atoms with E-state index in [9.17, 15) is 14.4 Å². The number of hydrogen-bond donors (Lipinski definition) is 2. The van der Waals surface area contributed by atoms with E-state index >= 15 is 0 Å². The van der Waals surface area contributed by atoms with Crippen LogP contribution in [0, 0.1) is 5.92 Å². The predicted octanol–water partition coefficient (Wildman–Crippen LogP) is 3.81. The van der Waals surface area contributed by atoms with Gasteiger partial charge in [-0.15, -0.1) is 11.3 Å². The fourth-order valence-electron chi connectivity index (χ4n) is 4.17. The van der Waals surface area contributed by atoms with Gasteiger partial charge in [0.1, 0.15) is 5.82 Å². The summed E-state index contributed by atoms with van der Waals surface area (Å²) in [7, 11) is 0. The molecule has 0 spiro atoms. The Labute approximate surface area is 201 Å². The Hall–Kier alpha value is -3.20. The molecule has 0 aliphatic carbocycles. The first kappa shape index (κ1) is 23.9. The number of fused-ring (bicyclic) bond motifs is 2. The largest absolute Gasteiger partial charge is 0.352 e. The summed E-state index contributed by atoms with van der Waals surface area (Å²) in [6, 6.07) is 8.15. The molecular formula is C25H31N5O3S. The highest BCUT2D eigenvalue weighted by Crippen LogP contribution is 2.25. The molecule has 180 valence electrons. The zero-order chi connectivity index (χ0) is 24.2. The highest BCUT2D eigenvalue weighted by molar-refractivity contribution is 7.17. The van der Waals surface area contributed by atoms with E-state index in [0.29, 0.717) is 43.0 Å². The first-order valence-electron chi connectivity index (χ1n) is 11.8. The lowest BCUT2D eigenvalue weighted by Crippen LogP contribution is -2.31. The summed E-state index contributed by atoms with van der Waals surface area (Å²) in [6.45, 7) is 7.73. The van der Waals surface area contributed by atoms with E-state index in [1.165, 1.54) is 4.70 Å². The summed E-state index contributed by atoms with van der Waals surface area (Å²) < 4.78 is 4.62. The van der Waals surface area contributed by atoms with Crippen molar-refractivity contribution in [1.82, 2.24) is 24.4 Å². The monoisotopic (exact) mass is 481 g/mol. The number of thiophene rings is 1. The summed E-state index contributed by atoms with van der Waals surface area (Å²) in [5.74, 6) is 0.851. The van der Waals surface area contributed by atoms with Crippen molar-refractivity contribution in [2.75, 3.05) is 0 Å². The summed E-state index contributed by atoms with van der Waals surface area (Å²) in [6.07, 6.45) is 2.37. The van der Waals surface area contributed by atoms with Gasteiger partial charge in [0, 0.05) is 37.2 Å². The normalized spacial score (nSPS) is 11.6. The van der Waals surface area contributed by atoms with Crippen molar-refractivity contribution in [2.45, 2.75) is 66.1 Å². The predicted molar refractivity (Wildman–Crippen MR) is 136 cm³/mol. The number of rotatable bonds is 10. The molecule has 0 unspecified atom stereocenters. The van der Waals surface area contributed by atoms with E-state index in [-0.39, 0.29) is 18.2 Å². The Balaban J connectivity index is 1.55. The van der Waals surface area contributed by atoms with Crippen molar-refractivity contribution < 1.29 is 4.79 Å². The highest BCUT2D eigenvalue weighted by Gasteiger charge is 2.20. The maximum Gasteiger partial charge on any atom is 0.330 e. The molecule has 0 fully saturated rings. The number of carbonyl (C=O) groups is 1. The zero-order valence-corrected chi connectivity index (χ0v) is 20.7. The van der Waals surface area contributed by atoms with Crippen molar-refractivity contribution in [3.8, 4) is 0 Å². The molecule has 2 N–H and O–H groups in total. The van der Waals surface area contributed by atoms with Gasteiger partial charge in [-0.1, -0.05) is 45.4 Å². The molecule has 1 aromatic carbocycles. The standard InChI is InChI=1S/C25H31N5O3S/c1-4-5-12-29-23-22(24(32)28-25(29)33)30(14-16(2)3)20(27-23)10-11-21(31)26-13-17-15-34-19-9-7-6-8-18(17)19/h6-9,15-16H,4-5,10-14H2,1-3H3,(H,26,31)(H,28,32,33). The number of benzene rings is 1. The molecule has 34 heavy (non-hydrogen) atoms. The van der Waals surface area contributed by atoms with Crippen LogP contribution < -0.4 is 16.6 Å². The zero-order valence-electron chi connectivity index (χ0n) is 19.9. The third kappa shape index (κ3) is 4.99. The number of H-pyrrole nitrogens is 1. The highest BCUT2D eigenvalue weighted by atomic mass is 32.1. The minimum Gasteiger partial charge on any atom is -0.352 e. The molecule has 4 aromatic rings. The molecule has 3 heterocycles. The van der Waals surface area contributed by atoms with E-state index in [1.807, 2.05) is 23.6 Å². The van der Waals surface area contributed by atoms with Gasteiger partial charge in [-0.3, -0.25) is 19.1 Å². The molecule has 0 atom stereocenters. The van der Waals surface area contributed by atoms with Crippen molar-refractivity contribution in [2.24, 2.45) is 5.92 Å². The number of aryl methyl sites for hydroxylation is 2. The average Bonchev–Trinajstić information content (AvgIpc) is 3.37. The third-order valence-electron chi connectivity index (χ3n) is 5.86. The van der Waals surface area contributed by atoms with Gasteiger partial charge < -0.3 is 9.88 Å². The third-order valence-corrected chi connectivity index (χ3v) is 6.87. The van der Waals surface area contributed by atoms with Crippen LogP contribution in [-0.4, -0.2) is 25.0 Å². The number of nitrogens with one attached hydrogen (secondary N) is 2. The SMILES string of the molecule is CCCCn1c(=O)[nH]c(=O)c2c1nc(CCC(=O)NCc1csc3ccccc13)n2CC(C)C. The molecule has 0 aliphatic rings. The lowest BCUT2D eigenvalue weighted by molar-refractivity contribution is -0.121. The van der Waals surface area contributed by atoms with Gasteiger partial charge >= 0.3 is 5.69 Å². The summed E-state index contributed by atoms with van der Waals surface area (Å²) in [5, 5.41) is 6.25. The Morgan fingerprint density at radius 2 is 2.00 bits per heavy atom. The van der Waals surface area contributed by atoms with Crippen LogP contribution in [0.3, 0.4) is 0 Å². The van der Waals surface area contributed by atoms with Gasteiger partial charge in [0.2, 0.25) is 5.91 Å². The van der Waals surface area contributed by atoms with Gasteiger partial charge in [0.05, 0.1) is 0 Å². The van der Waals surface area contributed by atoms with Crippen LogP contribution in [0.15, 0.2) is 39.2 Å². The first-order valence-corrected chi connectivity index (χ1v) is 12.7. The molecule has 0 saturated carbocycles. The minimum absolute atomic E-state index is 0.0734. The van der Waals surface area contributed by atoms with E-state index < -0.39 is 11.2 Å². The maximum atomic E-state index is 12.7. The molecule has 9 heteroatoms. The molecule has 3 aromatic heterocycles.